The van der Waals surface area contributed by atoms with Crippen LogP contribution in [0.3, 0.4) is 0 Å². The highest BCUT2D eigenvalue weighted by Crippen LogP contribution is 2.23. The van der Waals surface area contributed by atoms with Crippen LogP contribution in [0.15, 0.2) is 24.3 Å². The summed E-state index contributed by atoms with van der Waals surface area (Å²) in [6, 6.07) is 8.63. The van der Waals surface area contributed by atoms with Crippen LogP contribution < -0.4 is 0 Å². The zero-order chi connectivity index (χ0) is 21.1. The molecule has 1 aliphatic rings. The molecule has 1 saturated heterocycles. The number of amides is 1. The molecule has 0 spiro atoms. The normalized spacial score (nSPS) is 15.8. The first kappa shape index (κ1) is 21.7. The summed E-state index contributed by atoms with van der Waals surface area (Å²) in [6.45, 7) is 11.6. The molecule has 6 nitrogen and oxygen atoms in total. The number of piperidine rings is 1. The van der Waals surface area contributed by atoms with Crippen molar-refractivity contribution in [2.24, 2.45) is 5.92 Å². The van der Waals surface area contributed by atoms with Crippen molar-refractivity contribution in [2.45, 2.75) is 59.8 Å². The fraction of sp³-hybridized carbons (Fsp3) is 0.591. The molecule has 1 aliphatic heterocycles. The molecule has 0 atom stereocenters. The number of hydrogen-bond acceptors (Lipinski definition) is 4. The van der Waals surface area contributed by atoms with Crippen molar-refractivity contribution in [3.8, 4) is 11.4 Å². The Morgan fingerprint density at radius 2 is 2.00 bits per heavy atom. The summed E-state index contributed by atoms with van der Waals surface area (Å²) in [5.41, 5.74) is 2.31. The van der Waals surface area contributed by atoms with Crippen LogP contribution in [0.4, 0.5) is 0 Å². The third-order valence-electron chi connectivity index (χ3n) is 5.91. The Hall–Kier alpha value is -1.99. The molecule has 0 radical (unpaired) electrons. The van der Waals surface area contributed by atoms with Crippen LogP contribution in [0.5, 0.6) is 0 Å². The molecule has 3 rings (SSSR count). The summed E-state index contributed by atoms with van der Waals surface area (Å²) in [5.74, 6) is 1.32. The molecular formula is C22H33N5OS. The third kappa shape index (κ3) is 4.78. The van der Waals surface area contributed by atoms with E-state index in [1.807, 2.05) is 16.6 Å². The fourth-order valence-corrected chi connectivity index (χ4v) is 4.18. The van der Waals surface area contributed by atoms with Crippen molar-refractivity contribution in [3.63, 3.8) is 0 Å². The van der Waals surface area contributed by atoms with Crippen molar-refractivity contribution in [2.75, 3.05) is 20.1 Å². The third-order valence-corrected chi connectivity index (χ3v) is 6.34. The molecule has 0 bridgehead atoms. The van der Waals surface area contributed by atoms with E-state index in [1.54, 1.807) is 0 Å². The van der Waals surface area contributed by atoms with Gasteiger partial charge in [-0.25, -0.2) is 4.68 Å². The zero-order valence-corrected chi connectivity index (χ0v) is 19.1. The van der Waals surface area contributed by atoms with Gasteiger partial charge in [-0.1, -0.05) is 23.8 Å². The minimum Gasteiger partial charge on any atom is -0.343 e. The van der Waals surface area contributed by atoms with Gasteiger partial charge in [0, 0.05) is 44.2 Å². The number of carbonyl (C=O) groups is 1. The second-order valence-corrected chi connectivity index (χ2v) is 8.66. The fourth-order valence-electron chi connectivity index (χ4n) is 3.87. The van der Waals surface area contributed by atoms with Gasteiger partial charge in [0.25, 0.3) is 0 Å². The van der Waals surface area contributed by atoms with E-state index < -0.39 is 0 Å². The van der Waals surface area contributed by atoms with Gasteiger partial charge in [0.2, 0.25) is 5.91 Å². The molecule has 7 heteroatoms. The summed E-state index contributed by atoms with van der Waals surface area (Å²) in [6.07, 6.45) is 1.78. The highest BCUT2D eigenvalue weighted by atomic mass is 32.1. The standard InChI is InChI=1S/C22H33N5OS/c1-6-26-20(19-9-7-8-17(4)14-19)23-27(22(26)29)15-25-12-10-18(11-13-25)21(28)24(5)16(2)3/h7-9,14,16,18H,6,10-13,15H2,1-5H3. The number of hydrogen-bond donors (Lipinski definition) is 0. The minimum atomic E-state index is 0.127. The number of benzene rings is 1. The molecule has 2 aromatic rings. The first-order valence-corrected chi connectivity index (χ1v) is 11.0. The molecule has 29 heavy (non-hydrogen) atoms. The van der Waals surface area contributed by atoms with Crippen LogP contribution in [-0.4, -0.2) is 56.2 Å². The SMILES string of the molecule is CCn1c(-c2cccc(C)c2)nn(CN2CCC(C(=O)N(C)C(C)C)CC2)c1=S. The molecule has 0 N–H and O–H groups in total. The average Bonchev–Trinajstić information content (AvgIpc) is 3.02. The van der Waals surface area contributed by atoms with Crippen molar-refractivity contribution >= 4 is 18.1 Å². The Labute approximate surface area is 179 Å². The smallest absolute Gasteiger partial charge is 0.225 e. The lowest BCUT2D eigenvalue weighted by Crippen LogP contribution is -2.43. The van der Waals surface area contributed by atoms with Gasteiger partial charge >= 0.3 is 0 Å². The zero-order valence-electron chi connectivity index (χ0n) is 18.3. The predicted octanol–water partition coefficient (Wildman–Crippen LogP) is 3.95. The maximum absolute atomic E-state index is 12.6. The van der Waals surface area contributed by atoms with Gasteiger partial charge < -0.3 is 9.47 Å². The molecule has 1 aromatic carbocycles. The maximum Gasteiger partial charge on any atom is 0.225 e. The van der Waals surface area contributed by atoms with Crippen LogP contribution >= 0.6 is 12.2 Å². The molecule has 2 heterocycles. The van der Waals surface area contributed by atoms with Gasteiger partial charge in [0.1, 0.15) is 0 Å². The number of aromatic nitrogens is 3. The predicted molar refractivity (Wildman–Crippen MR) is 119 cm³/mol. The topological polar surface area (TPSA) is 46.3 Å². The van der Waals surface area contributed by atoms with Crippen LogP contribution in [0.2, 0.25) is 0 Å². The lowest BCUT2D eigenvalue weighted by atomic mass is 9.95. The highest BCUT2D eigenvalue weighted by molar-refractivity contribution is 7.71. The van der Waals surface area contributed by atoms with E-state index in [-0.39, 0.29) is 17.9 Å². The second-order valence-electron chi connectivity index (χ2n) is 8.30. The average molecular weight is 416 g/mol. The molecule has 1 amide bonds. The van der Waals surface area contributed by atoms with Crippen LogP contribution in [-0.2, 0) is 18.0 Å². The molecular weight excluding hydrogens is 382 g/mol. The lowest BCUT2D eigenvalue weighted by Gasteiger charge is -2.34. The van der Waals surface area contributed by atoms with E-state index in [4.69, 9.17) is 17.3 Å². The molecule has 0 saturated carbocycles. The Balaban J connectivity index is 1.71. The van der Waals surface area contributed by atoms with Gasteiger partial charge in [-0.3, -0.25) is 9.69 Å². The molecule has 1 fully saturated rings. The minimum absolute atomic E-state index is 0.127. The summed E-state index contributed by atoms with van der Waals surface area (Å²) in [5, 5.41) is 4.85. The monoisotopic (exact) mass is 415 g/mol. The Kier molecular flexibility index (Phi) is 6.90. The van der Waals surface area contributed by atoms with E-state index in [2.05, 4.69) is 61.4 Å². The van der Waals surface area contributed by atoms with E-state index in [9.17, 15) is 4.79 Å². The van der Waals surface area contributed by atoms with Crippen molar-refractivity contribution < 1.29 is 4.79 Å². The van der Waals surface area contributed by atoms with Crippen molar-refractivity contribution in [1.29, 1.82) is 0 Å². The van der Waals surface area contributed by atoms with Crippen LogP contribution in [0.1, 0.15) is 39.2 Å². The first-order valence-electron chi connectivity index (χ1n) is 10.6. The number of rotatable bonds is 6. The quantitative estimate of drug-likeness (QED) is 0.671. The lowest BCUT2D eigenvalue weighted by molar-refractivity contribution is -0.137. The highest BCUT2D eigenvalue weighted by Gasteiger charge is 2.28. The molecule has 0 unspecified atom stereocenters. The Morgan fingerprint density at radius 1 is 1.31 bits per heavy atom. The molecule has 158 valence electrons. The summed E-state index contributed by atoms with van der Waals surface area (Å²) in [7, 11) is 1.91. The summed E-state index contributed by atoms with van der Waals surface area (Å²) in [4.78, 5) is 16.8. The van der Waals surface area contributed by atoms with Gasteiger partial charge in [-0.2, -0.15) is 5.10 Å². The van der Waals surface area contributed by atoms with Gasteiger partial charge in [-0.05, 0) is 58.8 Å². The molecule has 1 aromatic heterocycles. The van der Waals surface area contributed by atoms with Gasteiger partial charge in [0.15, 0.2) is 10.6 Å². The van der Waals surface area contributed by atoms with E-state index in [1.165, 1.54) is 5.56 Å². The largest absolute Gasteiger partial charge is 0.343 e. The second kappa shape index (κ2) is 9.22. The number of likely N-dealkylation sites (tertiary alicyclic amines) is 1. The van der Waals surface area contributed by atoms with Crippen molar-refractivity contribution in [1.82, 2.24) is 24.1 Å². The number of carbonyl (C=O) groups excluding carboxylic acids is 1. The Bertz CT molecular complexity index is 908. The van der Waals surface area contributed by atoms with Crippen LogP contribution in [0, 0.1) is 17.6 Å². The van der Waals surface area contributed by atoms with Gasteiger partial charge in [-0.15, -0.1) is 0 Å². The van der Waals surface area contributed by atoms with Crippen molar-refractivity contribution in [3.05, 3.63) is 34.6 Å². The summed E-state index contributed by atoms with van der Waals surface area (Å²) >= 11 is 5.72. The van der Waals surface area contributed by atoms with E-state index in [0.717, 1.165) is 48.6 Å². The maximum atomic E-state index is 12.6. The van der Waals surface area contributed by atoms with Crippen LogP contribution in [0.25, 0.3) is 11.4 Å². The van der Waals surface area contributed by atoms with E-state index in [0.29, 0.717) is 6.67 Å². The van der Waals surface area contributed by atoms with Gasteiger partial charge in [0.05, 0.1) is 6.67 Å². The Morgan fingerprint density at radius 3 is 2.59 bits per heavy atom. The summed E-state index contributed by atoms with van der Waals surface area (Å²) < 4.78 is 4.78. The first-order chi connectivity index (χ1) is 13.8. The number of aryl methyl sites for hydroxylation is 1. The van der Waals surface area contributed by atoms with E-state index >= 15 is 0 Å². The number of nitrogens with zero attached hydrogens (tertiary/aromatic N) is 5. The molecule has 0 aliphatic carbocycles.